The molecule has 14 N–H and O–H groups in total. The third kappa shape index (κ3) is 8.92. The maximum absolute atomic E-state index is 12.3. The van der Waals surface area contributed by atoms with Gasteiger partial charge in [0.15, 0.2) is 17.8 Å². The minimum atomic E-state index is -1.35. The van der Waals surface area contributed by atoms with Crippen molar-refractivity contribution < 1.29 is 49.8 Å². The van der Waals surface area contributed by atoms with Crippen molar-refractivity contribution in [2.24, 2.45) is 10.7 Å². The number of nitrogen functional groups attached to an aromatic ring is 1. The van der Waals surface area contributed by atoms with Crippen LogP contribution >= 0.6 is 0 Å². The summed E-state index contributed by atoms with van der Waals surface area (Å²) in [5.41, 5.74) is 12.0. The number of aliphatic hydroxyl groups excluding tert-OH is 4. The summed E-state index contributed by atoms with van der Waals surface area (Å²) >= 11 is 0. The van der Waals surface area contributed by atoms with Crippen LogP contribution in [0.15, 0.2) is 34.1 Å². The third-order valence-electron chi connectivity index (χ3n) is 6.49. The second-order valence-electron chi connectivity index (χ2n) is 9.71. The molecule has 1 fully saturated rings. The normalized spacial score (nSPS) is 23.0. The Balaban J connectivity index is 0.000000369. The number of benzene rings is 1. The van der Waals surface area contributed by atoms with Crippen molar-refractivity contribution in [2.45, 2.75) is 49.5 Å². The average Bonchev–Trinajstić information content (AvgIpc) is 2.99. The lowest BCUT2D eigenvalue weighted by molar-refractivity contribution is -0.248. The van der Waals surface area contributed by atoms with Gasteiger partial charge in [0.25, 0.3) is 11.5 Å². The largest absolute Gasteiger partial charge is 0.481 e. The Morgan fingerprint density at radius 2 is 1.80 bits per heavy atom. The SMILES string of the molecule is N[C@H]1C(O)O[C@H](CO)[C@H](O)[C@@H]1O.Nc1nc2c(c(=O)[nH]1)N=C(CNc1ccc(C(=O)NC(CCC(=O)O)C(=O)O)cc1)CN2. The van der Waals surface area contributed by atoms with Crippen LogP contribution in [0.4, 0.5) is 23.1 Å². The van der Waals surface area contributed by atoms with Crippen LogP contribution in [0.3, 0.4) is 0 Å². The summed E-state index contributed by atoms with van der Waals surface area (Å²) < 4.78 is 4.70. The molecule has 6 atom stereocenters. The molecule has 0 saturated carbocycles. The molecule has 19 heteroatoms. The number of carbonyl (C=O) groups is 3. The number of nitrogens with two attached hydrogens (primary N) is 2. The van der Waals surface area contributed by atoms with E-state index in [-0.39, 0.29) is 30.0 Å². The fourth-order valence-electron chi connectivity index (χ4n) is 4.02. The highest BCUT2D eigenvalue weighted by molar-refractivity contribution is 5.98. The fourth-order valence-corrected chi connectivity index (χ4v) is 4.02. The van der Waals surface area contributed by atoms with Crippen LogP contribution < -0.4 is 33.0 Å². The number of hydrogen-bond acceptors (Lipinski definition) is 15. The molecule has 0 bridgehead atoms. The van der Waals surface area contributed by atoms with Crippen LogP contribution in [0.2, 0.25) is 0 Å². The summed E-state index contributed by atoms with van der Waals surface area (Å²) in [5.74, 6) is -2.77. The molecule has 1 saturated heterocycles. The molecule has 1 aromatic heterocycles. The number of amides is 1. The van der Waals surface area contributed by atoms with Crippen molar-refractivity contribution in [1.29, 1.82) is 0 Å². The number of nitrogens with zero attached hydrogens (tertiary/aromatic N) is 2. The molecule has 2 aromatic rings. The minimum Gasteiger partial charge on any atom is -0.481 e. The number of carboxylic acids is 2. The quantitative estimate of drug-likeness (QED) is 0.124. The number of aliphatic carboxylic acids is 2. The van der Waals surface area contributed by atoms with Gasteiger partial charge in [-0.25, -0.2) is 9.79 Å². The van der Waals surface area contributed by atoms with Crippen LogP contribution in [-0.4, -0.2) is 121 Å². The number of hydrogen-bond donors (Lipinski definition) is 12. The highest BCUT2D eigenvalue weighted by Crippen LogP contribution is 2.21. The number of aromatic nitrogens is 2. The van der Waals surface area contributed by atoms with Gasteiger partial charge in [0.1, 0.15) is 24.4 Å². The molecule has 0 spiro atoms. The van der Waals surface area contributed by atoms with Crippen molar-refractivity contribution in [2.75, 3.05) is 36.1 Å². The number of aliphatic imine (C=N–C) groups is 1. The Kier molecular flexibility index (Phi) is 11.7. The Labute approximate surface area is 248 Å². The average molecular weight is 623 g/mol. The zero-order valence-electron chi connectivity index (χ0n) is 23.1. The van der Waals surface area contributed by atoms with E-state index in [0.29, 0.717) is 30.3 Å². The van der Waals surface area contributed by atoms with Gasteiger partial charge < -0.3 is 62.8 Å². The maximum atomic E-state index is 12.3. The summed E-state index contributed by atoms with van der Waals surface area (Å²) in [6.45, 7) is 0.212. The van der Waals surface area contributed by atoms with Crippen molar-refractivity contribution in [1.82, 2.24) is 15.3 Å². The highest BCUT2D eigenvalue weighted by atomic mass is 16.6. The monoisotopic (exact) mass is 622 g/mol. The lowest BCUT2D eigenvalue weighted by Crippen LogP contribution is -2.61. The van der Waals surface area contributed by atoms with Crippen molar-refractivity contribution >= 4 is 46.7 Å². The molecule has 1 amide bonds. The molecule has 4 rings (SSSR count). The van der Waals surface area contributed by atoms with Gasteiger partial charge in [0.2, 0.25) is 5.95 Å². The molecule has 1 aromatic carbocycles. The van der Waals surface area contributed by atoms with Crippen molar-refractivity contribution in [3.8, 4) is 0 Å². The van der Waals surface area contributed by atoms with Gasteiger partial charge >= 0.3 is 11.9 Å². The molecule has 2 aliphatic rings. The maximum Gasteiger partial charge on any atom is 0.326 e. The zero-order valence-corrected chi connectivity index (χ0v) is 23.1. The van der Waals surface area contributed by atoms with Crippen molar-refractivity contribution in [3.63, 3.8) is 0 Å². The number of aliphatic hydroxyl groups is 4. The molecular weight excluding hydrogens is 588 g/mol. The van der Waals surface area contributed by atoms with E-state index in [0.717, 1.165) is 0 Å². The lowest BCUT2D eigenvalue weighted by atomic mass is 9.98. The summed E-state index contributed by atoms with van der Waals surface area (Å²) in [6, 6.07) is 3.92. The zero-order chi connectivity index (χ0) is 32.6. The van der Waals surface area contributed by atoms with Crippen LogP contribution in [0.25, 0.3) is 0 Å². The lowest BCUT2D eigenvalue weighted by Gasteiger charge is -2.38. The number of rotatable bonds is 10. The first-order chi connectivity index (χ1) is 20.8. The molecule has 3 heterocycles. The first-order valence-corrected chi connectivity index (χ1v) is 13.2. The van der Waals surface area contributed by atoms with Gasteiger partial charge in [-0.05, 0) is 30.7 Å². The summed E-state index contributed by atoms with van der Waals surface area (Å²) in [7, 11) is 0. The number of nitrogens with one attached hydrogen (secondary N) is 4. The summed E-state index contributed by atoms with van der Waals surface area (Å²) in [6.07, 6.45) is -5.45. The number of H-pyrrole nitrogens is 1. The van der Waals surface area contributed by atoms with Gasteiger partial charge in [-0.1, -0.05) is 0 Å². The molecule has 44 heavy (non-hydrogen) atoms. The number of ether oxygens (including phenoxy) is 1. The van der Waals surface area contributed by atoms with Gasteiger partial charge in [-0.2, -0.15) is 4.98 Å². The summed E-state index contributed by atoms with van der Waals surface area (Å²) in [5, 5.41) is 62.3. The molecule has 2 unspecified atom stereocenters. The van der Waals surface area contributed by atoms with E-state index in [9.17, 15) is 29.4 Å². The van der Waals surface area contributed by atoms with E-state index >= 15 is 0 Å². The van der Waals surface area contributed by atoms with E-state index in [1.807, 2.05) is 0 Å². The Hall–Kier alpha value is -4.66. The topological polar surface area (TPSA) is 328 Å². The van der Waals surface area contributed by atoms with E-state index < -0.39 is 66.7 Å². The highest BCUT2D eigenvalue weighted by Gasteiger charge is 2.41. The molecule has 19 nitrogen and oxygen atoms in total. The predicted molar refractivity (Wildman–Crippen MR) is 154 cm³/mol. The van der Waals surface area contributed by atoms with Crippen molar-refractivity contribution in [3.05, 3.63) is 40.2 Å². The predicted octanol–water partition coefficient (Wildman–Crippen LogP) is -3.24. The summed E-state index contributed by atoms with van der Waals surface area (Å²) in [4.78, 5) is 56.7. The Bertz CT molecular complexity index is 1410. The standard InChI is InChI=1S/C19H21N7O6.C6H13NO5/c20-19-25-15-14(17(30)26-19)23-11(8-22-15)7-21-10-3-1-9(2-4-10)16(29)24-12(18(31)32)5-6-13(27)28;7-3-5(10)4(9)2(1-8)12-6(3)11/h1-4,12,21H,5-8H2,(H,24,29)(H,27,28)(H,31,32)(H4,20,22,25,26,30);2-6,8-11H,1,7H2/t;2-,3-,4+,5-,6?/m.1/s1. The Morgan fingerprint density at radius 3 is 2.41 bits per heavy atom. The Morgan fingerprint density at radius 1 is 1.11 bits per heavy atom. The number of aromatic amines is 1. The van der Waals surface area contributed by atoms with Crippen LogP contribution in [0.1, 0.15) is 23.2 Å². The molecular formula is C25H34N8O11. The minimum absolute atomic E-state index is 0.00119. The van der Waals surface area contributed by atoms with E-state index in [1.165, 1.54) is 12.1 Å². The van der Waals surface area contributed by atoms with Gasteiger partial charge in [-0.15, -0.1) is 0 Å². The van der Waals surface area contributed by atoms with Gasteiger partial charge in [-0.3, -0.25) is 19.4 Å². The van der Waals surface area contributed by atoms with E-state index in [4.69, 9.17) is 36.6 Å². The smallest absolute Gasteiger partial charge is 0.326 e. The fraction of sp³-hybridized carbons (Fsp3) is 0.440. The number of anilines is 3. The van der Waals surface area contributed by atoms with Crippen LogP contribution in [-0.2, 0) is 14.3 Å². The van der Waals surface area contributed by atoms with Crippen LogP contribution in [0, 0.1) is 0 Å². The van der Waals surface area contributed by atoms with E-state index in [1.54, 1.807) is 12.1 Å². The second-order valence-corrected chi connectivity index (χ2v) is 9.71. The van der Waals surface area contributed by atoms with Gasteiger partial charge in [0.05, 0.1) is 31.4 Å². The van der Waals surface area contributed by atoms with E-state index in [2.05, 4.69) is 30.9 Å². The molecule has 240 valence electrons. The van der Waals surface area contributed by atoms with Gasteiger partial charge in [0, 0.05) is 17.7 Å². The molecule has 2 aliphatic heterocycles. The first kappa shape index (κ1) is 33.8. The second kappa shape index (κ2) is 15.2. The molecule has 0 aliphatic carbocycles. The third-order valence-corrected chi connectivity index (χ3v) is 6.49. The van der Waals surface area contributed by atoms with Crippen LogP contribution in [0.5, 0.6) is 0 Å². The number of carbonyl (C=O) groups excluding carboxylic acids is 1. The molecule has 0 radical (unpaired) electrons. The number of fused-ring (bicyclic) bond motifs is 1. The first-order valence-electron chi connectivity index (χ1n) is 13.2. The number of carboxylic acid groups (broad SMARTS) is 2.